The van der Waals surface area contributed by atoms with Gasteiger partial charge in [0.05, 0.1) is 25.5 Å². The van der Waals surface area contributed by atoms with Crippen LogP contribution >= 0.6 is 15.9 Å². The van der Waals surface area contributed by atoms with Gasteiger partial charge in [-0.1, -0.05) is 15.9 Å². The van der Waals surface area contributed by atoms with Gasteiger partial charge in [-0.15, -0.1) is 0 Å². The summed E-state index contributed by atoms with van der Waals surface area (Å²) in [4.78, 5) is 12.9. The number of nitrogens with one attached hydrogen (secondary N) is 1. The van der Waals surface area contributed by atoms with Crippen LogP contribution in [0.25, 0.3) is 11.3 Å². The lowest BCUT2D eigenvalue weighted by Gasteiger charge is -2.15. The first kappa shape index (κ1) is 20.0. The molecular formula is C21H20BrNO5. The first-order chi connectivity index (χ1) is 13.5. The molecule has 7 heteroatoms. The molecule has 1 amide bonds. The number of methoxy groups -OCH3 is 2. The van der Waals surface area contributed by atoms with Crippen molar-refractivity contribution in [3.8, 4) is 22.8 Å². The largest absolute Gasteiger partial charge is 0.496 e. The number of halogens is 1. The number of anilines is 1. The number of carbonyl (C=O) groups is 1. The third-order valence-electron chi connectivity index (χ3n) is 4.24. The maximum atomic E-state index is 12.9. The lowest BCUT2D eigenvalue weighted by molar-refractivity contribution is 0.102. The second-order valence-corrected chi connectivity index (χ2v) is 7.01. The molecule has 0 aliphatic rings. The van der Waals surface area contributed by atoms with Crippen LogP contribution in [0.5, 0.6) is 11.5 Å². The summed E-state index contributed by atoms with van der Waals surface area (Å²) in [5, 5.41) is 12.1. The number of carbonyl (C=O) groups excluding carboxylic acids is 1. The van der Waals surface area contributed by atoms with E-state index in [-0.39, 0.29) is 12.5 Å². The smallest absolute Gasteiger partial charge is 0.259 e. The Kier molecular flexibility index (Phi) is 6.06. The molecule has 0 atom stereocenters. The van der Waals surface area contributed by atoms with E-state index in [1.54, 1.807) is 30.3 Å². The van der Waals surface area contributed by atoms with Crippen molar-refractivity contribution in [3.05, 3.63) is 63.8 Å². The third kappa shape index (κ3) is 4.05. The number of amides is 1. The maximum absolute atomic E-state index is 12.9. The Hall–Kier alpha value is -2.77. The van der Waals surface area contributed by atoms with E-state index in [0.717, 1.165) is 15.6 Å². The Morgan fingerprint density at radius 2 is 1.93 bits per heavy atom. The summed E-state index contributed by atoms with van der Waals surface area (Å²) in [5.74, 6) is 1.74. The number of ether oxygens (including phenoxy) is 2. The summed E-state index contributed by atoms with van der Waals surface area (Å²) in [7, 11) is 3.06. The number of furan rings is 1. The fourth-order valence-corrected chi connectivity index (χ4v) is 3.51. The standard InChI is InChI=1S/C21H20BrNO5/c1-12-8-14(22)10-16(20(12)27-3)21(25)23-17-9-13(4-6-19(17)26-2)18-7-5-15(11-24)28-18/h4-10,24H,11H2,1-3H3,(H,23,25). The zero-order valence-electron chi connectivity index (χ0n) is 15.7. The molecule has 0 aliphatic carbocycles. The highest BCUT2D eigenvalue weighted by atomic mass is 79.9. The molecule has 0 aliphatic heterocycles. The summed E-state index contributed by atoms with van der Waals surface area (Å²) >= 11 is 3.42. The quantitative estimate of drug-likeness (QED) is 0.570. The van der Waals surface area contributed by atoms with Gasteiger partial charge in [-0.2, -0.15) is 0 Å². The molecule has 2 N–H and O–H groups in total. The van der Waals surface area contributed by atoms with E-state index < -0.39 is 0 Å². The molecular weight excluding hydrogens is 426 g/mol. The predicted octanol–water partition coefficient (Wildman–Crippen LogP) is 4.78. The minimum absolute atomic E-state index is 0.179. The molecule has 0 spiro atoms. The minimum atomic E-state index is -0.327. The van der Waals surface area contributed by atoms with Crippen LogP contribution in [0.3, 0.4) is 0 Å². The van der Waals surface area contributed by atoms with Crippen LogP contribution in [0.2, 0.25) is 0 Å². The molecule has 0 radical (unpaired) electrons. The molecule has 0 unspecified atom stereocenters. The normalized spacial score (nSPS) is 10.6. The Morgan fingerprint density at radius 3 is 2.57 bits per heavy atom. The van der Waals surface area contributed by atoms with E-state index in [4.69, 9.17) is 13.9 Å². The van der Waals surface area contributed by atoms with Crippen LogP contribution in [0, 0.1) is 6.92 Å². The van der Waals surface area contributed by atoms with Crippen LogP contribution in [-0.2, 0) is 6.61 Å². The first-order valence-electron chi connectivity index (χ1n) is 8.50. The van der Waals surface area contributed by atoms with Crippen molar-refractivity contribution in [2.75, 3.05) is 19.5 Å². The van der Waals surface area contributed by atoms with Crippen LogP contribution in [-0.4, -0.2) is 25.2 Å². The van der Waals surface area contributed by atoms with Gasteiger partial charge in [0.15, 0.2) is 0 Å². The number of hydrogen-bond acceptors (Lipinski definition) is 5. The van der Waals surface area contributed by atoms with Gasteiger partial charge < -0.3 is 24.3 Å². The second kappa shape index (κ2) is 8.50. The summed E-state index contributed by atoms with van der Waals surface area (Å²) < 4.78 is 17.1. The van der Waals surface area contributed by atoms with Gasteiger partial charge >= 0.3 is 0 Å². The zero-order valence-corrected chi connectivity index (χ0v) is 17.3. The molecule has 146 valence electrons. The molecule has 0 bridgehead atoms. The molecule has 3 rings (SSSR count). The molecule has 0 saturated heterocycles. The van der Waals surface area contributed by atoms with Crippen molar-refractivity contribution in [1.82, 2.24) is 0 Å². The maximum Gasteiger partial charge on any atom is 0.259 e. The van der Waals surface area contributed by atoms with Crippen LogP contribution in [0.1, 0.15) is 21.7 Å². The number of aliphatic hydroxyl groups excluding tert-OH is 1. The predicted molar refractivity (Wildman–Crippen MR) is 110 cm³/mol. The zero-order chi connectivity index (χ0) is 20.3. The number of aryl methyl sites for hydroxylation is 1. The summed E-state index contributed by atoms with van der Waals surface area (Å²) in [6, 6.07) is 12.4. The Labute approximate surface area is 171 Å². The first-order valence-corrected chi connectivity index (χ1v) is 9.29. The Morgan fingerprint density at radius 1 is 1.14 bits per heavy atom. The van der Waals surface area contributed by atoms with Gasteiger partial charge in [-0.05, 0) is 55.0 Å². The van der Waals surface area contributed by atoms with Crippen LogP contribution < -0.4 is 14.8 Å². The summed E-state index contributed by atoms with van der Waals surface area (Å²) in [5.41, 5.74) is 2.48. The van der Waals surface area contributed by atoms with Crippen molar-refractivity contribution in [3.63, 3.8) is 0 Å². The second-order valence-electron chi connectivity index (χ2n) is 6.10. The van der Waals surface area contributed by atoms with Crippen molar-refractivity contribution in [2.24, 2.45) is 0 Å². The van der Waals surface area contributed by atoms with Crippen molar-refractivity contribution in [1.29, 1.82) is 0 Å². The molecule has 3 aromatic rings. The van der Waals surface area contributed by atoms with Crippen LogP contribution in [0.4, 0.5) is 5.69 Å². The fourth-order valence-electron chi connectivity index (χ4n) is 2.94. The molecule has 6 nitrogen and oxygen atoms in total. The molecule has 28 heavy (non-hydrogen) atoms. The molecule has 0 fully saturated rings. The van der Waals surface area contributed by atoms with Gasteiger partial charge in [0.25, 0.3) is 5.91 Å². The SMILES string of the molecule is COc1ccc(-c2ccc(CO)o2)cc1NC(=O)c1cc(Br)cc(C)c1OC. The van der Waals surface area contributed by atoms with Gasteiger partial charge in [0.2, 0.25) is 0 Å². The average Bonchev–Trinajstić information content (AvgIpc) is 3.16. The summed E-state index contributed by atoms with van der Waals surface area (Å²) in [6.07, 6.45) is 0. The number of benzene rings is 2. The lowest BCUT2D eigenvalue weighted by atomic mass is 10.1. The van der Waals surface area contributed by atoms with E-state index >= 15 is 0 Å². The van der Waals surface area contributed by atoms with Gasteiger partial charge in [0, 0.05) is 10.0 Å². The topological polar surface area (TPSA) is 80.9 Å². The Bertz CT molecular complexity index is 1010. The van der Waals surface area contributed by atoms with E-state index in [0.29, 0.717) is 34.3 Å². The third-order valence-corrected chi connectivity index (χ3v) is 4.70. The highest BCUT2D eigenvalue weighted by Crippen LogP contribution is 2.33. The molecule has 0 saturated carbocycles. The monoisotopic (exact) mass is 445 g/mol. The van der Waals surface area contributed by atoms with Crippen molar-refractivity contribution >= 4 is 27.5 Å². The number of rotatable bonds is 6. The Balaban J connectivity index is 1.97. The number of aliphatic hydroxyl groups is 1. The minimum Gasteiger partial charge on any atom is -0.496 e. The van der Waals surface area contributed by atoms with E-state index in [1.807, 2.05) is 19.1 Å². The van der Waals surface area contributed by atoms with Gasteiger partial charge in [-0.3, -0.25) is 4.79 Å². The van der Waals surface area contributed by atoms with Crippen molar-refractivity contribution in [2.45, 2.75) is 13.5 Å². The molecule has 1 heterocycles. The lowest BCUT2D eigenvalue weighted by Crippen LogP contribution is -2.14. The number of hydrogen-bond donors (Lipinski definition) is 2. The van der Waals surface area contributed by atoms with E-state index in [2.05, 4.69) is 21.2 Å². The molecule has 1 aromatic heterocycles. The average molecular weight is 446 g/mol. The van der Waals surface area contributed by atoms with Crippen LogP contribution in [0.15, 0.2) is 51.4 Å². The highest BCUT2D eigenvalue weighted by Gasteiger charge is 2.18. The van der Waals surface area contributed by atoms with Gasteiger partial charge in [-0.25, -0.2) is 0 Å². The fraction of sp³-hybridized carbons (Fsp3) is 0.190. The molecule has 2 aromatic carbocycles. The highest BCUT2D eigenvalue weighted by molar-refractivity contribution is 9.10. The van der Waals surface area contributed by atoms with E-state index in [1.165, 1.54) is 14.2 Å². The van der Waals surface area contributed by atoms with E-state index in [9.17, 15) is 9.90 Å². The summed E-state index contributed by atoms with van der Waals surface area (Å²) in [6.45, 7) is 1.69. The van der Waals surface area contributed by atoms with Gasteiger partial charge in [0.1, 0.15) is 29.6 Å². The van der Waals surface area contributed by atoms with Crippen molar-refractivity contribution < 1.29 is 23.8 Å².